The van der Waals surface area contributed by atoms with Crippen LogP contribution < -0.4 is 4.74 Å². The lowest BCUT2D eigenvalue weighted by Gasteiger charge is -2.27. The molecule has 1 fully saturated rings. The van der Waals surface area contributed by atoms with Gasteiger partial charge >= 0.3 is 6.61 Å². The van der Waals surface area contributed by atoms with E-state index in [2.05, 4.69) is 22.4 Å². The maximum Gasteiger partial charge on any atom is 0.387 e. The third kappa shape index (κ3) is 4.44. The van der Waals surface area contributed by atoms with E-state index in [1.165, 1.54) is 6.07 Å². The van der Waals surface area contributed by atoms with E-state index in [0.29, 0.717) is 34.8 Å². The van der Waals surface area contributed by atoms with Gasteiger partial charge in [0.05, 0.1) is 22.6 Å². The molecule has 5 rings (SSSR count). The van der Waals surface area contributed by atoms with Crippen LogP contribution in [0.25, 0.3) is 16.7 Å². The molecule has 1 atom stereocenters. The Labute approximate surface area is 213 Å². The van der Waals surface area contributed by atoms with E-state index in [1.54, 1.807) is 40.6 Å². The standard InChI is InChI=1S/C27H28F2N4O2S/c1-4-21-25-30-20-11-10-18(9-8-17-12-14-32(36-3)15-13-17)16-22(20)33(25)24-19(26(34)31(21)2)6-5-7-23(24)35-27(28)29/h5-7,10-11,16-17,21,27H,4,12-15H2,1-3H3. The van der Waals surface area contributed by atoms with E-state index in [-0.39, 0.29) is 23.4 Å². The largest absolute Gasteiger partial charge is 0.433 e. The molecule has 0 spiro atoms. The predicted molar refractivity (Wildman–Crippen MR) is 138 cm³/mol. The average Bonchev–Trinajstić information content (AvgIpc) is 3.21. The fourth-order valence-corrected chi connectivity index (χ4v) is 5.65. The fourth-order valence-electron chi connectivity index (χ4n) is 5.08. The van der Waals surface area contributed by atoms with Gasteiger partial charge in [-0.05, 0) is 55.9 Å². The highest BCUT2D eigenvalue weighted by molar-refractivity contribution is 7.96. The molecule has 1 unspecified atom stereocenters. The van der Waals surface area contributed by atoms with Crippen molar-refractivity contribution in [3.8, 4) is 23.3 Å². The Balaban J connectivity index is 1.65. The molecule has 36 heavy (non-hydrogen) atoms. The van der Waals surface area contributed by atoms with E-state index in [9.17, 15) is 13.6 Å². The van der Waals surface area contributed by atoms with Crippen molar-refractivity contribution in [1.82, 2.24) is 18.8 Å². The molecule has 0 radical (unpaired) electrons. The number of ether oxygens (including phenoxy) is 1. The van der Waals surface area contributed by atoms with Gasteiger partial charge in [-0.2, -0.15) is 8.78 Å². The minimum atomic E-state index is -3.02. The molecule has 9 heteroatoms. The topological polar surface area (TPSA) is 50.6 Å². The van der Waals surface area contributed by atoms with E-state index < -0.39 is 6.61 Å². The third-order valence-corrected chi connectivity index (χ3v) is 7.84. The number of para-hydroxylation sites is 1. The molecule has 2 aliphatic heterocycles. The molecule has 6 nitrogen and oxygen atoms in total. The summed E-state index contributed by atoms with van der Waals surface area (Å²) in [5.41, 5.74) is 2.83. The Morgan fingerprint density at radius 1 is 1.22 bits per heavy atom. The van der Waals surface area contributed by atoms with Crippen molar-refractivity contribution in [1.29, 1.82) is 0 Å². The number of amides is 1. The molecule has 1 amide bonds. The van der Waals surface area contributed by atoms with Gasteiger partial charge in [0.25, 0.3) is 5.91 Å². The number of halogens is 2. The Morgan fingerprint density at radius 3 is 2.69 bits per heavy atom. The van der Waals surface area contributed by atoms with Crippen LogP contribution in [0.3, 0.4) is 0 Å². The number of carbonyl (C=O) groups excluding carboxylic acids is 1. The molecular weight excluding hydrogens is 482 g/mol. The predicted octanol–water partition coefficient (Wildman–Crippen LogP) is 5.51. The number of hydrogen-bond donors (Lipinski definition) is 0. The van der Waals surface area contributed by atoms with E-state index >= 15 is 0 Å². The Morgan fingerprint density at radius 2 is 2.00 bits per heavy atom. The van der Waals surface area contributed by atoms with Crippen LogP contribution in [0.5, 0.6) is 5.75 Å². The van der Waals surface area contributed by atoms with Gasteiger partial charge in [0.15, 0.2) is 5.75 Å². The number of nitrogens with zero attached hydrogens (tertiary/aromatic N) is 4. The number of benzene rings is 2. The zero-order chi connectivity index (χ0) is 25.4. The summed E-state index contributed by atoms with van der Waals surface area (Å²) in [6, 6.07) is 10.1. The highest BCUT2D eigenvalue weighted by Crippen LogP contribution is 2.40. The normalized spacial score (nSPS) is 18.6. The molecule has 0 aliphatic carbocycles. The first kappa shape index (κ1) is 24.6. The second-order valence-corrected chi connectivity index (χ2v) is 9.92. The number of hydrogen-bond acceptors (Lipinski definition) is 5. The highest BCUT2D eigenvalue weighted by Gasteiger charge is 2.35. The Kier molecular flexibility index (Phi) is 6.91. The van der Waals surface area contributed by atoms with Crippen LogP contribution in [0.4, 0.5) is 8.78 Å². The molecule has 3 heterocycles. The molecule has 3 aromatic rings. The molecule has 188 valence electrons. The third-order valence-electron chi connectivity index (χ3n) is 6.95. The monoisotopic (exact) mass is 510 g/mol. The first-order valence-electron chi connectivity index (χ1n) is 12.1. The quantitative estimate of drug-likeness (QED) is 0.343. The van der Waals surface area contributed by atoms with E-state index in [0.717, 1.165) is 31.5 Å². The zero-order valence-electron chi connectivity index (χ0n) is 20.5. The summed E-state index contributed by atoms with van der Waals surface area (Å²) in [5, 5.41) is 0. The van der Waals surface area contributed by atoms with Gasteiger partial charge in [0.1, 0.15) is 11.5 Å². The molecule has 1 saturated heterocycles. The zero-order valence-corrected chi connectivity index (χ0v) is 21.3. The number of rotatable bonds is 4. The number of alkyl halides is 2. The summed E-state index contributed by atoms with van der Waals surface area (Å²) in [5.74, 6) is 7.38. The lowest BCUT2D eigenvalue weighted by molar-refractivity contribution is -0.0498. The molecule has 2 aromatic carbocycles. The van der Waals surface area contributed by atoms with Crippen LogP contribution in [0.1, 0.15) is 54.0 Å². The molecule has 0 saturated carbocycles. The summed E-state index contributed by atoms with van der Waals surface area (Å²) in [6.45, 7) is 1.01. The van der Waals surface area contributed by atoms with Crippen LogP contribution in [0, 0.1) is 17.8 Å². The SMILES string of the molecule is CCC1c2nc3ccc(C#CC4CCN(SC)CC4)cc3n2-c2c(OC(F)F)cccc2C(=O)N1C. The van der Waals surface area contributed by atoms with Crippen LogP contribution in [-0.4, -0.2) is 57.7 Å². The maximum absolute atomic E-state index is 13.4. The summed E-state index contributed by atoms with van der Waals surface area (Å²) in [7, 11) is 1.72. The average molecular weight is 511 g/mol. The van der Waals surface area contributed by atoms with Gasteiger partial charge in [0, 0.05) is 31.6 Å². The van der Waals surface area contributed by atoms with Crippen molar-refractivity contribution in [3.05, 3.63) is 53.3 Å². The van der Waals surface area contributed by atoms with Gasteiger partial charge < -0.3 is 9.64 Å². The summed E-state index contributed by atoms with van der Waals surface area (Å²) in [4.78, 5) is 19.8. The number of aromatic nitrogens is 2. The van der Waals surface area contributed by atoms with Crippen LogP contribution in [0.2, 0.25) is 0 Å². The van der Waals surface area contributed by atoms with Gasteiger partial charge in [-0.1, -0.05) is 36.8 Å². The second-order valence-electron chi connectivity index (χ2n) is 9.04. The van der Waals surface area contributed by atoms with Crippen LogP contribution in [0.15, 0.2) is 36.4 Å². The van der Waals surface area contributed by atoms with E-state index in [1.807, 2.05) is 25.1 Å². The van der Waals surface area contributed by atoms with Crippen LogP contribution in [-0.2, 0) is 0 Å². The first-order chi connectivity index (χ1) is 17.4. The van der Waals surface area contributed by atoms with Crippen molar-refractivity contribution in [3.63, 3.8) is 0 Å². The molecule has 0 N–H and O–H groups in total. The Hall–Kier alpha value is -3.09. The molecule has 2 aliphatic rings. The smallest absolute Gasteiger partial charge is 0.387 e. The van der Waals surface area contributed by atoms with Crippen LogP contribution >= 0.6 is 11.9 Å². The number of carbonyl (C=O) groups is 1. The fraction of sp³-hybridized carbons (Fsp3) is 0.407. The Bertz CT molecular complexity index is 1360. The van der Waals surface area contributed by atoms with Crippen molar-refractivity contribution < 1.29 is 18.3 Å². The lowest BCUT2D eigenvalue weighted by atomic mass is 9.98. The molecular formula is C27H28F2N4O2S. The number of imidazole rings is 1. The minimum absolute atomic E-state index is 0.0569. The summed E-state index contributed by atoms with van der Waals surface area (Å²) in [6.07, 6.45) is 4.78. The number of fused-ring (bicyclic) bond motifs is 5. The molecule has 0 bridgehead atoms. The summed E-state index contributed by atoms with van der Waals surface area (Å²) >= 11 is 1.77. The van der Waals surface area contributed by atoms with Crippen molar-refractivity contribution >= 4 is 28.9 Å². The highest BCUT2D eigenvalue weighted by atomic mass is 32.2. The minimum Gasteiger partial charge on any atom is -0.433 e. The van der Waals surface area contributed by atoms with Gasteiger partial charge in [-0.25, -0.2) is 4.98 Å². The first-order valence-corrected chi connectivity index (χ1v) is 13.3. The van der Waals surface area contributed by atoms with Gasteiger partial charge in [-0.15, -0.1) is 0 Å². The maximum atomic E-state index is 13.4. The van der Waals surface area contributed by atoms with Crippen molar-refractivity contribution in [2.75, 3.05) is 26.4 Å². The van der Waals surface area contributed by atoms with Crippen molar-refractivity contribution in [2.24, 2.45) is 5.92 Å². The van der Waals surface area contributed by atoms with Crippen molar-refractivity contribution in [2.45, 2.75) is 38.8 Å². The van der Waals surface area contributed by atoms with Gasteiger partial charge in [-0.3, -0.25) is 13.7 Å². The second kappa shape index (κ2) is 10.1. The lowest BCUT2D eigenvalue weighted by Crippen LogP contribution is -2.30. The van der Waals surface area contributed by atoms with Gasteiger partial charge in [0.2, 0.25) is 0 Å². The summed E-state index contributed by atoms with van der Waals surface area (Å²) < 4.78 is 35.7. The van der Waals surface area contributed by atoms with E-state index in [4.69, 9.17) is 9.72 Å². The molecule has 1 aromatic heterocycles. The number of piperidine rings is 1.